The second-order valence-corrected chi connectivity index (χ2v) is 5.77. The fourth-order valence-corrected chi connectivity index (χ4v) is 2.45. The van der Waals surface area contributed by atoms with Crippen molar-refractivity contribution in [3.8, 4) is 0 Å². The second-order valence-electron chi connectivity index (χ2n) is 5.77. The standard InChI is InChI=1S/C14H23N3O2/c1-5-14(3,4)13-16-15-11-9-10(7-8-17(11)13)12(18)19-6-2/h10H,5-9H2,1-4H3. The summed E-state index contributed by atoms with van der Waals surface area (Å²) in [5.41, 5.74) is 0.0298. The van der Waals surface area contributed by atoms with Crippen molar-refractivity contribution in [1.82, 2.24) is 14.8 Å². The lowest BCUT2D eigenvalue weighted by molar-refractivity contribution is -0.148. The lowest BCUT2D eigenvalue weighted by Crippen LogP contribution is -2.30. The quantitative estimate of drug-likeness (QED) is 0.782. The number of nitrogens with zero attached hydrogens (tertiary/aromatic N) is 3. The number of carbonyl (C=O) groups is 1. The van der Waals surface area contributed by atoms with Gasteiger partial charge in [0.25, 0.3) is 0 Å². The molecule has 1 aromatic heterocycles. The van der Waals surface area contributed by atoms with Gasteiger partial charge in [0, 0.05) is 18.4 Å². The number of hydrogen-bond acceptors (Lipinski definition) is 4. The van der Waals surface area contributed by atoms with Gasteiger partial charge in [-0.1, -0.05) is 20.8 Å². The summed E-state index contributed by atoms with van der Waals surface area (Å²) in [7, 11) is 0. The smallest absolute Gasteiger partial charge is 0.309 e. The third-order valence-corrected chi connectivity index (χ3v) is 4.07. The van der Waals surface area contributed by atoms with Crippen LogP contribution in [-0.4, -0.2) is 27.3 Å². The summed E-state index contributed by atoms with van der Waals surface area (Å²) in [4.78, 5) is 11.8. The van der Waals surface area contributed by atoms with Gasteiger partial charge in [0.05, 0.1) is 12.5 Å². The van der Waals surface area contributed by atoms with Crippen LogP contribution in [0, 0.1) is 5.92 Å². The molecule has 19 heavy (non-hydrogen) atoms. The third-order valence-electron chi connectivity index (χ3n) is 4.07. The Bertz CT molecular complexity index is 465. The molecule has 2 rings (SSSR count). The van der Waals surface area contributed by atoms with Crippen molar-refractivity contribution in [3.63, 3.8) is 0 Å². The molecule has 5 nitrogen and oxygen atoms in total. The van der Waals surface area contributed by atoms with E-state index in [1.165, 1.54) is 0 Å². The van der Waals surface area contributed by atoms with E-state index in [2.05, 4.69) is 35.5 Å². The maximum atomic E-state index is 11.8. The topological polar surface area (TPSA) is 57.0 Å². The molecule has 0 aromatic carbocycles. The first kappa shape index (κ1) is 14.0. The summed E-state index contributed by atoms with van der Waals surface area (Å²) in [5, 5.41) is 8.61. The van der Waals surface area contributed by atoms with Crippen molar-refractivity contribution in [1.29, 1.82) is 0 Å². The van der Waals surface area contributed by atoms with Crippen LogP contribution in [-0.2, 0) is 27.9 Å². The first-order valence-electron chi connectivity index (χ1n) is 7.08. The van der Waals surface area contributed by atoms with E-state index in [-0.39, 0.29) is 17.3 Å². The monoisotopic (exact) mass is 265 g/mol. The molecule has 0 spiro atoms. The minimum absolute atomic E-state index is 0.0298. The maximum Gasteiger partial charge on any atom is 0.309 e. The summed E-state index contributed by atoms with van der Waals surface area (Å²) >= 11 is 0. The Morgan fingerprint density at radius 3 is 2.79 bits per heavy atom. The first-order valence-corrected chi connectivity index (χ1v) is 7.08. The van der Waals surface area contributed by atoms with Gasteiger partial charge in [0.2, 0.25) is 0 Å². The molecule has 0 radical (unpaired) electrons. The predicted octanol–water partition coefficient (Wildman–Crippen LogP) is 2.09. The molecule has 1 aliphatic rings. The zero-order chi connectivity index (χ0) is 14.0. The summed E-state index contributed by atoms with van der Waals surface area (Å²) in [6.45, 7) is 9.61. The lowest BCUT2D eigenvalue weighted by atomic mass is 9.88. The van der Waals surface area contributed by atoms with E-state index < -0.39 is 0 Å². The Labute approximate surface area is 114 Å². The number of ether oxygens (including phenoxy) is 1. The molecule has 0 saturated heterocycles. The zero-order valence-corrected chi connectivity index (χ0v) is 12.3. The van der Waals surface area contributed by atoms with E-state index in [4.69, 9.17) is 4.74 Å². The summed E-state index contributed by atoms with van der Waals surface area (Å²) < 4.78 is 7.28. The number of hydrogen-bond donors (Lipinski definition) is 0. The van der Waals surface area contributed by atoms with Crippen molar-refractivity contribution in [2.45, 2.75) is 58.9 Å². The van der Waals surface area contributed by atoms with Crippen LogP contribution in [0.5, 0.6) is 0 Å². The van der Waals surface area contributed by atoms with E-state index >= 15 is 0 Å². The highest BCUT2D eigenvalue weighted by Crippen LogP contribution is 2.29. The molecule has 5 heteroatoms. The lowest BCUT2D eigenvalue weighted by Gasteiger charge is -2.27. The largest absolute Gasteiger partial charge is 0.466 e. The average molecular weight is 265 g/mol. The fraction of sp³-hybridized carbons (Fsp3) is 0.786. The minimum atomic E-state index is -0.104. The highest BCUT2D eigenvalue weighted by Gasteiger charge is 2.32. The molecule has 0 aliphatic carbocycles. The van der Waals surface area contributed by atoms with Crippen LogP contribution in [0.4, 0.5) is 0 Å². The van der Waals surface area contributed by atoms with Crippen LogP contribution in [0.15, 0.2) is 0 Å². The molecule has 0 amide bonds. The van der Waals surface area contributed by atoms with E-state index in [0.717, 1.165) is 31.0 Å². The van der Waals surface area contributed by atoms with Crippen molar-refractivity contribution < 1.29 is 9.53 Å². The summed E-state index contributed by atoms with van der Waals surface area (Å²) in [6.07, 6.45) is 2.48. The van der Waals surface area contributed by atoms with Crippen molar-refractivity contribution in [2.75, 3.05) is 6.61 Å². The van der Waals surface area contributed by atoms with Crippen LogP contribution in [0.25, 0.3) is 0 Å². The van der Waals surface area contributed by atoms with Crippen molar-refractivity contribution in [3.05, 3.63) is 11.6 Å². The maximum absolute atomic E-state index is 11.8. The first-order chi connectivity index (χ1) is 8.99. The van der Waals surface area contributed by atoms with Gasteiger partial charge in [-0.2, -0.15) is 0 Å². The highest BCUT2D eigenvalue weighted by atomic mass is 16.5. The Morgan fingerprint density at radius 1 is 1.42 bits per heavy atom. The van der Waals surface area contributed by atoms with Crippen LogP contribution in [0.2, 0.25) is 0 Å². The third kappa shape index (κ3) is 2.65. The number of carbonyl (C=O) groups excluding carboxylic acids is 1. The van der Waals surface area contributed by atoms with Gasteiger partial charge in [-0.15, -0.1) is 10.2 Å². The molecule has 1 aromatic rings. The average Bonchev–Trinajstić information content (AvgIpc) is 2.82. The predicted molar refractivity (Wildman–Crippen MR) is 71.8 cm³/mol. The molecule has 1 aliphatic heterocycles. The van der Waals surface area contributed by atoms with Gasteiger partial charge in [-0.25, -0.2) is 0 Å². The summed E-state index contributed by atoms with van der Waals surface area (Å²) in [6, 6.07) is 0. The SMILES string of the molecule is CCOC(=O)C1CCn2c(nnc2C(C)(C)CC)C1. The summed E-state index contributed by atoms with van der Waals surface area (Å²) in [5.74, 6) is 1.79. The molecular weight excluding hydrogens is 242 g/mol. The molecule has 2 heterocycles. The normalized spacial score (nSPS) is 19.1. The van der Waals surface area contributed by atoms with Crippen LogP contribution < -0.4 is 0 Å². The van der Waals surface area contributed by atoms with Crippen LogP contribution in [0.3, 0.4) is 0 Å². The van der Waals surface area contributed by atoms with E-state index in [9.17, 15) is 4.79 Å². The van der Waals surface area contributed by atoms with Gasteiger partial charge in [0.1, 0.15) is 11.6 Å². The number of fused-ring (bicyclic) bond motifs is 1. The number of aromatic nitrogens is 3. The van der Waals surface area contributed by atoms with Gasteiger partial charge in [0.15, 0.2) is 0 Å². The molecule has 1 atom stereocenters. The molecule has 0 saturated carbocycles. The molecule has 0 N–H and O–H groups in total. The van der Waals surface area contributed by atoms with E-state index in [0.29, 0.717) is 13.0 Å². The van der Waals surface area contributed by atoms with Crippen molar-refractivity contribution >= 4 is 5.97 Å². The highest BCUT2D eigenvalue weighted by molar-refractivity contribution is 5.72. The zero-order valence-electron chi connectivity index (χ0n) is 12.3. The Hall–Kier alpha value is -1.39. The van der Waals surface area contributed by atoms with Crippen LogP contribution >= 0.6 is 0 Å². The fourth-order valence-electron chi connectivity index (χ4n) is 2.45. The molecule has 0 fully saturated rings. The van der Waals surface area contributed by atoms with Crippen molar-refractivity contribution in [2.24, 2.45) is 5.92 Å². The minimum Gasteiger partial charge on any atom is -0.466 e. The van der Waals surface area contributed by atoms with Gasteiger partial charge >= 0.3 is 5.97 Å². The van der Waals surface area contributed by atoms with E-state index in [1.807, 2.05) is 6.92 Å². The molecular formula is C14H23N3O2. The van der Waals surface area contributed by atoms with Gasteiger partial charge < -0.3 is 9.30 Å². The molecule has 1 unspecified atom stereocenters. The Morgan fingerprint density at radius 2 is 2.16 bits per heavy atom. The van der Waals surface area contributed by atoms with E-state index in [1.54, 1.807) is 0 Å². The van der Waals surface area contributed by atoms with Gasteiger partial charge in [-0.3, -0.25) is 4.79 Å². The number of rotatable bonds is 4. The molecule has 0 bridgehead atoms. The van der Waals surface area contributed by atoms with Gasteiger partial charge in [-0.05, 0) is 19.8 Å². The second kappa shape index (κ2) is 5.31. The Balaban J connectivity index is 2.18. The Kier molecular flexibility index (Phi) is 3.92. The number of esters is 1. The molecule has 106 valence electrons. The van der Waals surface area contributed by atoms with Crippen LogP contribution in [0.1, 0.15) is 52.2 Å².